The van der Waals surface area contributed by atoms with E-state index in [-0.39, 0.29) is 0 Å². The predicted molar refractivity (Wildman–Crippen MR) is 70.8 cm³/mol. The third-order valence-corrected chi connectivity index (χ3v) is 3.06. The van der Waals surface area contributed by atoms with E-state index in [2.05, 4.69) is 24.8 Å². The third-order valence-electron chi connectivity index (χ3n) is 3.06. The number of para-hydroxylation sites is 1. The Balaban J connectivity index is 2.33. The normalized spacial score (nSPS) is 14.7. The van der Waals surface area contributed by atoms with Crippen LogP contribution in [0.1, 0.15) is 32.3 Å². The highest BCUT2D eigenvalue weighted by molar-refractivity contribution is 5.74. The summed E-state index contributed by atoms with van der Waals surface area (Å²) in [4.78, 5) is 2.36. The molecule has 0 unspecified atom stereocenters. The van der Waals surface area contributed by atoms with Gasteiger partial charge in [0.05, 0.1) is 16.9 Å². The van der Waals surface area contributed by atoms with Crippen molar-refractivity contribution in [2.24, 2.45) is 5.92 Å². The van der Waals surface area contributed by atoms with Crippen LogP contribution in [0.2, 0.25) is 0 Å². The molecule has 0 aromatic heterocycles. The molecule has 0 amide bonds. The molecule has 1 fully saturated rings. The number of hydrogen-bond acceptors (Lipinski definition) is 3. The maximum Gasteiger partial charge on any atom is 0.101 e. The summed E-state index contributed by atoms with van der Waals surface area (Å²) < 4.78 is 0. The first kappa shape index (κ1) is 11.8. The minimum atomic E-state index is 0.580. The molecule has 3 nitrogen and oxygen atoms in total. The van der Waals surface area contributed by atoms with E-state index in [9.17, 15) is 0 Å². The Kier molecular flexibility index (Phi) is 3.23. The quantitative estimate of drug-likeness (QED) is 0.808. The van der Waals surface area contributed by atoms with Gasteiger partial charge in [0.1, 0.15) is 6.07 Å². The molecular formula is C14H19N3. The van der Waals surface area contributed by atoms with Gasteiger partial charge in [-0.1, -0.05) is 19.9 Å². The van der Waals surface area contributed by atoms with Gasteiger partial charge >= 0.3 is 0 Å². The second kappa shape index (κ2) is 4.67. The van der Waals surface area contributed by atoms with Gasteiger partial charge in [-0.2, -0.15) is 5.26 Å². The monoisotopic (exact) mass is 229 g/mol. The van der Waals surface area contributed by atoms with E-state index in [4.69, 9.17) is 11.0 Å². The summed E-state index contributed by atoms with van der Waals surface area (Å²) in [7, 11) is 0. The lowest BCUT2D eigenvalue weighted by Crippen LogP contribution is -2.30. The van der Waals surface area contributed by atoms with Crippen LogP contribution in [0.4, 0.5) is 11.4 Å². The van der Waals surface area contributed by atoms with Crippen LogP contribution in [-0.4, -0.2) is 12.6 Å². The highest BCUT2D eigenvalue weighted by Gasteiger charge is 2.30. The smallest absolute Gasteiger partial charge is 0.101 e. The molecule has 1 aromatic rings. The highest BCUT2D eigenvalue weighted by atomic mass is 15.2. The van der Waals surface area contributed by atoms with Crippen molar-refractivity contribution >= 4 is 11.4 Å². The van der Waals surface area contributed by atoms with Crippen molar-refractivity contribution in [3.8, 4) is 6.07 Å². The van der Waals surface area contributed by atoms with Gasteiger partial charge in [-0.05, 0) is 30.9 Å². The van der Waals surface area contributed by atoms with Crippen molar-refractivity contribution < 1.29 is 0 Å². The van der Waals surface area contributed by atoms with Crippen LogP contribution in [0.25, 0.3) is 0 Å². The van der Waals surface area contributed by atoms with Crippen LogP contribution in [0.5, 0.6) is 0 Å². The van der Waals surface area contributed by atoms with E-state index in [1.807, 2.05) is 12.1 Å². The van der Waals surface area contributed by atoms with E-state index in [0.717, 1.165) is 12.2 Å². The van der Waals surface area contributed by atoms with Crippen LogP contribution >= 0.6 is 0 Å². The first-order chi connectivity index (χ1) is 8.13. The second-order valence-corrected chi connectivity index (χ2v) is 5.13. The summed E-state index contributed by atoms with van der Waals surface area (Å²) in [6.45, 7) is 5.42. The zero-order valence-corrected chi connectivity index (χ0v) is 10.5. The number of nitrogens with zero attached hydrogens (tertiary/aromatic N) is 2. The second-order valence-electron chi connectivity index (χ2n) is 5.13. The first-order valence-corrected chi connectivity index (χ1v) is 6.18. The van der Waals surface area contributed by atoms with Gasteiger partial charge in [0.25, 0.3) is 0 Å². The lowest BCUT2D eigenvalue weighted by Gasteiger charge is -2.28. The SMILES string of the molecule is CC(C)CN(c1cccc(C#N)c1N)C1CC1. The Labute approximate surface area is 103 Å². The van der Waals surface area contributed by atoms with Crippen molar-refractivity contribution in [1.82, 2.24) is 0 Å². The van der Waals surface area contributed by atoms with Crippen molar-refractivity contribution in [2.45, 2.75) is 32.7 Å². The van der Waals surface area contributed by atoms with Crippen LogP contribution in [-0.2, 0) is 0 Å². The lowest BCUT2D eigenvalue weighted by atomic mass is 10.1. The molecular weight excluding hydrogens is 210 g/mol. The summed E-state index contributed by atoms with van der Waals surface area (Å²) >= 11 is 0. The van der Waals surface area contributed by atoms with Crippen LogP contribution in [0, 0.1) is 17.2 Å². The van der Waals surface area contributed by atoms with Gasteiger partial charge in [0.2, 0.25) is 0 Å². The van der Waals surface area contributed by atoms with Crippen molar-refractivity contribution in [2.75, 3.05) is 17.2 Å². The summed E-state index contributed by atoms with van der Waals surface area (Å²) in [5.41, 5.74) is 8.31. The lowest BCUT2D eigenvalue weighted by molar-refractivity contribution is 0.608. The molecule has 3 heteroatoms. The zero-order valence-electron chi connectivity index (χ0n) is 10.5. The summed E-state index contributed by atoms with van der Waals surface area (Å²) in [5, 5.41) is 9.01. The predicted octanol–water partition coefficient (Wildman–Crippen LogP) is 2.77. The molecule has 0 saturated heterocycles. The topological polar surface area (TPSA) is 53.0 Å². The van der Waals surface area contributed by atoms with E-state index in [0.29, 0.717) is 23.2 Å². The van der Waals surface area contributed by atoms with Gasteiger partial charge in [-0.25, -0.2) is 0 Å². The van der Waals surface area contributed by atoms with Crippen LogP contribution in [0.3, 0.4) is 0 Å². The Hall–Kier alpha value is -1.69. The molecule has 90 valence electrons. The largest absolute Gasteiger partial charge is 0.396 e. The maximum absolute atomic E-state index is 9.01. The average molecular weight is 229 g/mol. The summed E-state index contributed by atoms with van der Waals surface area (Å²) in [6.07, 6.45) is 2.48. The molecule has 0 heterocycles. The Morgan fingerprint density at radius 2 is 2.18 bits per heavy atom. The van der Waals surface area contributed by atoms with E-state index < -0.39 is 0 Å². The standard InChI is InChI=1S/C14H19N3/c1-10(2)9-17(12-6-7-12)13-5-3-4-11(8-15)14(13)16/h3-5,10,12H,6-7,9,16H2,1-2H3. The van der Waals surface area contributed by atoms with Gasteiger partial charge in [0.15, 0.2) is 0 Å². The fraction of sp³-hybridized carbons (Fsp3) is 0.500. The maximum atomic E-state index is 9.01. The van der Waals surface area contributed by atoms with Crippen molar-refractivity contribution in [1.29, 1.82) is 5.26 Å². The number of hydrogen-bond donors (Lipinski definition) is 1. The van der Waals surface area contributed by atoms with E-state index in [1.165, 1.54) is 12.8 Å². The van der Waals surface area contributed by atoms with Gasteiger partial charge in [-0.3, -0.25) is 0 Å². The number of nitrogens with two attached hydrogens (primary N) is 1. The Morgan fingerprint density at radius 1 is 1.47 bits per heavy atom. The average Bonchev–Trinajstić information content (AvgIpc) is 3.10. The van der Waals surface area contributed by atoms with Gasteiger partial charge in [-0.15, -0.1) is 0 Å². The zero-order chi connectivity index (χ0) is 12.4. The van der Waals surface area contributed by atoms with Crippen molar-refractivity contribution in [3.63, 3.8) is 0 Å². The Bertz CT molecular complexity index is 441. The molecule has 0 radical (unpaired) electrons. The number of nitriles is 1. The fourth-order valence-electron chi connectivity index (χ4n) is 2.12. The molecule has 1 aromatic carbocycles. The highest BCUT2D eigenvalue weighted by Crippen LogP contribution is 2.36. The molecule has 1 aliphatic carbocycles. The minimum Gasteiger partial charge on any atom is -0.396 e. The van der Waals surface area contributed by atoms with Gasteiger partial charge < -0.3 is 10.6 Å². The molecule has 2 N–H and O–H groups in total. The van der Waals surface area contributed by atoms with Crippen LogP contribution < -0.4 is 10.6 Å². The molecule has 1 aliphatic rings. The number of nitrogen functional groups attached to an aromatic ring is 1. The molecule has 0 spiro atoms. The Morgan fingerprint density at radius 3 is 2.71 bits per heavy atom. The fourth-order valence-corrected chi connectivity index (χ4v) is 2.12. The van der Waals surface area contributed by atoms with E-state index >= 15 is 0 Å². The minimum absolute atomic E-state index is 0.580. The molecule has 17 heavy (non-hydrogen) atoms. The summed E-state index contributed by atoms with van der Waals surface area (Å²) in [5.74, 6) is 0.598. The molecule has 0 aliphatic heterocycles. The molecule has 0 atom stereocenters. The van der Waals surface area contributed by atoms with Crippen LogP contribution in [0.15, 0.2) is 18.2 Å². The molecule has 2 rings (SSSR count). The number of benzene rings is 1. The summed E-state index contributed by atoms with van der Waals surface area (Å²) in [6, 6.07) is 8.49. The van der Waals surface area contributed by atoms with Crippen molar-refractivity contribution in [3.05, 3.63) is 23.8 Å². The number of rotatable bonds is 4. The number of anilines is 2. The third kappa shape index (κ3) is 2.52. The van der Waals surface area contributed by atoms with E-state index in [1.54, 1.807) is 6.07 Å². The van der Waals surface area contributed by atoms with Gasteiger partial charge in [0, 0.05) is 12.6 Å². The molecule has 1 saturated carbocycles. The molecule has 0 bridgehead atoms. The first-order valence-electron chi connectivity index (χ1n) is 6.18.